The molecule has 0 fully saturated rings. The van der Waals surface area contributed by atoms with Gasteiger partial charge in [-0.1, -0.05) is 31.2 Å². The topological polar surface area (TPSA) is 47.6 Å². The van der Waals surface area contributed by atoms with Gasteiger partial charge in [-0.2, -0.15) is 0 Å². The third-order valence-electron chi connectivity index (χ3n) is 4.39. The monoisotopic (exact) mass is 311 g/mol. The summed E-state index contributed by atoms with van der Waals surface area (Å²) in [6, 6.07) is 12.3. The highest BCUT2D eigenvalue weighted by Crippen LogP contribution is 2.42. The van der Waals surface area contributed by atoms with Crippen molar-refractivity contribution in [1.29, 1.82) is 0 Å². The lowest BCUT2D eigenvalue weighted by atomic mass is 9.84. The van der Waals surface area contributed by atoms with Gasteiger partial charge in [-0.3, -0.25) is 4.79 Å². The summed E-state index contributed by atoms with van der Waals surface area (Å²) in [5.74, 6) is 1.35. The van der Waals surface area contributed by atoms with Gasteiger partial charge in [0.25, 0.3) is 0 Å². The molecule has 4 nitrogen and oxygen atoms in total. The Morgan fingerprint density at radius 3 is 2.35 bits per heavy atom. The van der Waals surface area contributed by atoms with E-state index in [1.54, 1.807) is 14.2 Å². The van der Waals surface area contributed by atoms with Gasteiger partial charge in [-0.05, 0) is 29.2 Å². The normalized spacial score (nSPS) is 16.5. The minimum Gasteiger partial charge on any atom is -0.493 e. The molecule has 2 aromatic carbocycles. The van der Waals surface area contributed by atoms with E-state index >= 15 is 0 Å². The van der Waals surface area contributed by atoms with Crippen LogP contribution in [-0.2, 0) is 11.2 Å². The molecule has 1 heterocycles. The van der Waals surface area contributed by atoms with Gasteiger partial charge in [0, 0.05) is 24.1 Å². The quantitative estimate of drug-likeness (QED) is 0.935. The number of hydrogen-bond acceptors (Lipinski definition) is 3. The fraction of sp³-hybridized carbons (Fsp3) is 0.316. The Kier molecular flexibility index (Phi) is 4.24. The summed E-state index contributed by atoms with van der Waals surface area (Å²) in [6.45, 7) is 2.13. The van der Waals surface area contributed by atoms with Crippen molar-refractivity contribution in [2.45, 2.75) is 25.7 Å². The Balaban J connectivity index is 2.07. The minimum absolute atomic E-state index is 0.0225. The van der Waals surface area contributed by atoms with E-state index in [-0.39, 0.29) is 11.8 Å². The molecule has 0 radical (unpaired) electrons. The first-order valence-electron chi connectivity index (χ1n) is 7.80. The second-order valence-corrected chi connectivity index (χ2v) is 5.69. The van der Waals surface area contributed by atoms with Crippen LogP contribution in [0.2, 0.25) is 0 Å². The molecule has 1 aliphatic heterocycles. The van der Waals surface area contributed by atoms with E-state index in [9.17, 15) is 4.79 Å². The number of rotatable bonds is 4. The van der Waals surface area contributed by atoms with E-state index in [2.05, 4.69) is 36.5 Å². The number of fused-ring (bicyclic) bond motifs is 1. The van der Waals surface area contributed by atoms with E-state index in [0.29, 0.717) is 17.9 Å². The molecule has 1 amide bonds. The summed E-state index contributed by atoms with van der Waals surface area (Å²) in [5.41, 5.74) is 4.29. The van der Waals surface area contributed by atoms with Gasteiger partial charge in [0.05, 0.1) is 14.2 Å². The minimum atomic E-state index is 0.0225. The smallest absolute Gasteiger partial charge is 0.225 e. The molecule has 0 saturated heterocycles. The molecule has 0 aromatic heterocycles. The van der Waals surface area contributed by atoms with Gasteiger partial charge >= 0.3 is 0 Å². The number of carbonyl (C=O) groups is 1. The number of nitrogens with one attached hydrogen (secondary N) is 1. The number of carbonyl (C=O) groups excluding carboxylic acids is 1. The molecule has 1 atom stereocenters. The fourth-order valence-electron chi connectivity index (χ4n) is 3.07. The molecule has 1 aliphatic rings. The molecule has 0 spiro atoms. The molecule has 2 aromatic rings. The average molecular weight is 311 g/mol. The standard InChI is InChI=1S/C19H21NO3/c1-4-12-5-7-13(8-6-12)14-10-19(21)20-16-11-18(23-3)17(22-2)9-15(14)16/h5-9,11,14H,4,10H2,1-3H3,(H,20,21). The van der Waals surface area contributed by atoms with E-state index in [0.717, 1.165) is 23.2 Å². The number of ether oxygens (including phenoxy) is 2. The highest BCUT2D eigenvalue weighted by Gasteiger charge is 2.28. The van der Waals surface area contributed by atoms with Crippen LogP contribution < -0.4 is 14.8 Å². The number of methoxy groups -OCH3 is 2. The molecule has 4 heteroatoms. The largest absolute Gasteiger partial charge is 0.493 e. The molecular formula is C19H21NO3. The highest BCUT2D eigenvalue weighted by atomic mass is 16.5. The molecule has 0 saturated carbocycles. The van der Waals surface area contributed by atoms with Crippen molar-refractivity contribution < 1.29 is 14.3 Å². The van der Waals surface area contributed by atoms with Gasteiger partial charge in [-0.25, -0.2) is 0 Å². The summed E-state index contributed by atoms with van der Waals surface area (Å²) in [4.78, 5) is 12.1. The molecule has 120 valence electrons. The van der Waals surface area contributed by atoms with Crippen LogP contribution >= 0.6 is 0 Å². The molecule has 23 heavy (non-hydrogen) atoms. The fourth-order valence-corrected chi connectivity index (χ4v) is 3.07. The number of anilines is 1. The van der Waals surface area contributed by atoms with Gasteiger partial charge in [0.2, 0.25) is 5.91 Å². The SMILES string of the molecule is CCc1ccc(C2CC(=O)Nc3cc(OC)c(OC)cc32)cc1. The van der Waals surface area contributed by atoms with Crippen molar-refractivity contribution in [3.63, 3.8) is 0 Å². The van der Waals surface area contributed by atoms with Crippen LogP contribution in [0.3, 0.4) is 0 Å². The van der Waals surface area contributed by atoms with Crippen LogP contribution in [0.25, 0.3) is 0 Å². The Labute approximate surface area is 136 Å². The lowest BCUT2D eigenvalue weighted by molar-refractivity contribution is -0.116. The van der Waals surface area contributed by atoms with Crippen molar-refractivity contribution in [3.05, 3.63) is 53.1 Å². The van der Waals surface area contributed by atoms with E-state index in [4.69, 9.17) is 9.47 Å². The lowest BCUT2D eigenvalue weighted by Crippen LogP contribution is -2.23. The number of aryl methyl sites for hydroxylation is 1. The van der Waals surface area contributed by atoms with Crippen molar-refractivity contribution in [1.82, 2.24) is 0 Å². The molecule has 0 bridgehead atoms. The average Bonchev–Trinajstić information content (AvgIpc) is 2.59. The first kappa shape index (κ1) is 15.4. The van der Waals surface area contributed by atoms with Crippen molar-refractivity contribution in [2.24, 2.45) is 0 Å². The Hall–Kier alpha value is -2.49. The van der Waals surface area contributed by atoms with Crippen LogP contribution in [0.4, 0.5) is 5.69 Å². The summed E-state index contributed by atoms with van der Waals surface area (Å²) < 4.78 is 10.7. The third-order valence-corrected chi connectivity index (χ3v) is 4.39. The summed E-state index contributed by atoms with van der Waals surface area (Å²) in [5, 5.41) is 2.93. The summed E-state index contributed by atoms with van der Waals surface area (Å²) >= 11 is 0. The van der Waals surface area contributed by atoms with Crippen LogP contribution in [-0.4, -0.2) is 20.1 Å². The summed E-state index contributed by atoms with van der Waals surface area (Å²) in [7, 11) is 3.21. The van der Waals surface area contributed by atoms with Crippen LogP contribution in [0.1, 0.15) is 36.0 Å². The van der Waals surface area contributed by atoms with E-state index in [1.165, 1.54) is 5.56 Å². The molecule has 1 N–H and O–H groups in total. The zero-order valence-electron chi connectivity index (χ0n) is 13.7. The summed E-state index contributed by atoms with van der Waals surface area (Å²) in [6.07, 6.45) is 1.45. The van der Waals surface area contributed by atoms with Gasteiger partial charge < -0.3 is 14.8 Å². The molecular weight excluding hydrogens is 290 g/mol. The van der Waals surface area contributed by atoms with Gasteiger partial charge in [0.1, 0.15) is 0 Å². The Morgan fingerprint density at radius 2 is 1.74 bits per heavy atom. The molecule has 1 unspecified atom stereocenters. The van der Waals surface area contributed by atoms with Crippen LogP contribution in [0.5, 0.6) is 11.5 Å². The first-order valence-corrected chi connectivity index (χ1v) is 7.80. The third kappa shape index (κ3) is 2.89. The maximum absolute atomic E-state index is 12.1. The van der Waals surface area contributed by atoms with Crippen LogP contribution in [0, 0.1) is 0 Å². The predicted molar refractivity (Wildman–Crippen MR) is 90.5 cm³/mol. The Bertz CT molecular complexity index is 722. The second kappa shape index (κ2) is 6.32. The maximum Gasteiger partial charge on any atom is 0.225 e. The number of amides is 1. The zero-order chi connectivity index (χ0) is 16.4. The van der Waals surface area contributed by atoms with E-state index < -0.39 is 0 Å². The van der Waals surface area contributed by atoms with Crippen molar-refractivity contribution in [3.8, 4) is 11.5 Å². The second-order valence-electron chi connectivity index (χ2n) is 5.69. The lowest BCUT2D eigenvalue weighted by Gasteiger charge is -2.27. The zero-order valence-corrected chi connectivity index (χ0v) is 13.7. The highest BCUT2D eigenvalue weighted by molar-refractivity contribution is 5.96. The maximum atomic E-state index is 12.1. The van der Waals surface area contributed by atoms with Crippen LogP contribution in [0.15, 0.2) is 36.4 Å². The molecule has 3 rings (SSSR count). The predicted octanol–water partition coefficient (Wildman–Crippen LogP) is 3.74. The number of hydrogen-bond donors (Lipinski definition) is 1. The van der Waals surface area contributed by atoms with E-state index in [1.807, 2.05) is 12.1 Å². The molecule has 0 aliphatic carbocycles. The van der Waals surface area contributed by atoms with Crippen molar-refractivity contribution in [2.75, 3.05) is 19.5 Å². The van der Waals surface area contributed by atoms with Gasteiger partial charge in [-0.15, -0.1) is 0 Å². The Morgan fingerprint density at radius 1 is 1.09 bits per heavy atom. The van der Waals surface area contributed by atoms with Crippen molar-refractivity contribution >= 4 is 11.6 Å². The first-order chi connectivity index (χ1) is 11.2. The van der Waals surface area contributed by atoms with Gasteiger partial charge in [0.15, 0.2) is 11.5 Å². The number of benzene rings is 2.